The van der Waals surface area contributed by atoms with Crippen LogP contribution in [-0.4, -0.2) is 29.2 Å². The van der Waals surface area contributed by atoms with Gasteiger partial charge in [-0.1, -0.05) is 30.3 Å². The summed E-state index contributed by atoms with van der Waals surface area (Å²) in [5.41, 5.74) is 2.10. The quantitative estimate of drug-likeness (QED) is 0.530. The third kappa shape index (κ3) is 1.79. The molecule has 0 saturated heterocycles. The smallest absolute Gasteiger partial charge is 0.265 e. The predicted octanol–water partition coefficient (Wildman–Crippen LogP) is 1.42. The van der Waals surface area contributed by atoms with E-state index in [2.05, 4.69) is 20.2 Å². The topological polar surface area (TPSA) is 77.5 Å². The number of hydrogen-bond donors (Lipinski definition) is 0. The summed E-state index contributed by atoms with van der Waals surface area (Å²) in [6, 6.07) is 11.1. The summed E-state index contributed by atoms with van der Waals surface area (Å²) in [6.07, 6.45) is 0. The van der Waals surface area contributed by atoms with Gasteiger partial charge in [-0.3, -0.25) is 4.79 Å². The maximum absolute atomic E-state index is 12.3. The van der Waals surface area contributed by atoms with E-state index in [9.17, 15) is 4.79 Å². The van der Waals surface area contributed by atoms with Crippen molar-refractivity contribution in [3.05, 3.63) is 58.3 Å². The van der Waals surface area contributed by atoms with Crippen LogP contribution in [0.5, 0.6) is 0 Å². The molecule has 0 fully saturated rings. The molecule has 0 saturated carbocycles. The summed E-state index contributed by atoms with van der Waals surface area (Å²) in [5.74, 6) is 1.01. The minimum Gasteiger partial charge on any atom is -0.265 e. The SMILES string of the molecule is Cc1cc2nc(C)n3nc(-c4ccccc4)c(=O)nc3n2n1. The zero-order chi connectivity index (χ0) is 15.3. The van der Waals surface area contributed by atoms with Crippen LogP contribution in [0.2, 0.25) is 0 Å². The average Bonchev–Trinajstić information content (AvgIpc) is 2.88. The van der Waals surface area contributed by atoms with Gasteiger partial charge in [0.15, 0.2) is 11.3 Å². The molecule has 0 unspecified atom stereocenters. The van der Waals surface area contributed by atoms with Gasteiger partial charge in [0.05, 0.1) is 5.69 Å². The van der Waals surface area contributed by atoms with Crippen molar-refractivity contribution in [1.82, 2.24) is 29.2 Å². The molecule has 3 aromatic heterocycles. The van der Waals surface area contributed by atoms with Gasteiger partial charge >= 0.3 is 5.56 Å². The molecule has 0 aliphatic heterocycles. The summed E-state index contributed by atoms with van der Waals surface area (Å²) in [7, 11) is 0. The van der Waals surface area contributed by atoms with E-state index in [0.717, 1.165) is 11.3 Å². The van der Waals surface area contributed by atoms with Crippen molar-refractivity contribution in [3.8, 4) is 11.3 Å². The Hall–Kier alpha value is -3.09. The number of aromatic nitrogens is 6. The van der Waals surface area contributed by atoms with Crippen LogP contribution < -0.4 is 5.56 Å². The number of aryl methyl sites for hydroxylation is 2. The Balaban J connectivity index is 2.12. The van der Waals surface area contributed by atoms with Crippen LogP contribution in [0.15, 0.2) is 41.2 Å². The van der Waals surface area contributed by atoms with Gasteiger partial charge in [-0.2, -0.15) is 24.2 Å². The van der Waals surface area contributed by atoms with Gasteiger partial charge in [0.2, 0.25) is 0 Å². The molecule has 22 heavy (non-hydrogen) atoms. The number of benzene rings is 1. The first-order chi connectivity index (χ1) is 10.6. The lowest BCUT2D eigenvalue weighted by molar-refractivity contribution is 0.756. The minimum absolute atomic E-state index is 0.297. The van der Waals surface area contributed by atoms with Gasteiger partial charge < -0.3 is 0 Å². The third-order valence-corrected chi connectivity index (χ3v) is 3.43. The molecular weight excluding hydrogens is 280 g/mol. The Morgan fingerprint density at radius 1 is 0.955 bits per heavy atom. The van der Waals surface area contributed by atoms with E-state index >= 15 is 0 Å². The number of nitrogens with zero attached hydrogens (tertiary/aromatic N) is 6. The molecule has 0 radical (unpaired) electrons. The van der Waals surface area contributed by atoms with E-state index in [1.807, 2.05) is 50.2 Å². The molecule has 0 spiro atoms. The molecule has 4 rings (SSSR count). The van der Waals surface area contributed by atoms with Gasteiger partial charge in [-0.25, -0.2) is 4.98 Å². The number of hydrogen-bond acceptors (Lipinski definition) is 5. The first kappa shape index (κ1) is 12.6. The zero-order valence-electron chi connectivity index (χ0n) is 12.1. The molecule has 0 atom stereocenters. The minimum atomic E-state index is -0.383. The molecule has 108 valence electrons. The van der Waals surface area contributed by atoms with Crippen LogP contribution >= 0.6 is 0 Å². The van der Waals surface area contributed by atoms with Crippen LogP contribution in [0.25, 0.3) is 22.7 Å². The highest BCUT2D eigenvalue weighted by Gasteiger charge is 2.13. The van der Waals surface area contributed by atoms with Crippen molar-refractivity contribution in [2.45, 2.75) is 13.8 Å². The standard InChI is InChI=1S/C15H12N6O/c1-9-8-12-16-10(2)20-15(21(12)18-9)17-14(22)13(19-20)11-6-4-3-5-7-11/h3-8H,1-2H3. The molecule has 0 N–H and O–H groups in total. The second kappa shape index (κ2) is 4.45. The summed E-state index contributed by atoms with van der Waals surface area (Å²) in [4.78, 5) is 21.0. The van der Waals surface area contributed by atoms with Crippen LogP contribution in [0, 0.1) is 13.8 Å². The molecule has 0 amide bonds. The van der Waals surface area contributed by atoms with Crippen LogP contribution in [0.4, 0.5) is 0 Å². The van der Waals surface area contributed by atoms with Crippen LogP contribution in [0.1, 0.15) is 11.5 Å². The van der Waals surface area contributed by atoms with Crippen molar-refractivity contribution in [1.29, 1.82) is 0 Å². The third-order valence-electron chi connectivity index (χ3n) is 3.43. The highest BCUT2D eigenvalue weighted by atomic mass is 16.1. The molecule has 0 aliphatic rings. The zero-order valence-corrected chi connectivity index (χ0v) is 12.1. The van der Waals surface area contributed by atoms with Gasteiger partial charge in [0, 0.05) is 11.6 Å². The van der Waals surface area contributed by atoms with E-state index in [1.54, 1.807) is 4.52 Å². The molecule has 1 aromatic carbocycles. The Morgan fingerprint density at radius 3 is 2.50 bits per heavy atom. The average molecular weight is 292 g/mol. The Bertz CT molecular complexity index is 1060. The highest BCUT2D eigenvalue weighted by molar-refractivity contribution is 5.58. The molecule has 7 heteroatoms. The monoisotopic (exact) mass is 292 g/mol. The lowest BCUT2D eigenvalue weighted by atomic mass is 10.2. The van der Waals surface area contributed by atoms with Gasteiger partial charge in [0.25, 0.3) is 5.78 Å². The van der Waals surface area contributed by atoms with E-state index in [4.69, 9.17) is 0 Å². The predicted molar refractivity (Wildman–Crippen MR) is 80.7 cm³/mol. The van der Waals surface area contributed by atoms with Crippen molar-refractivity contribution in [2.75, 3.05) is 0 Å². The first-order valence-corrected chi connectivity index (χ1v) is 6.83. The Labute approximate surface area is 124 Å². The van der Waals surface area contributed by atoms with E-state index in [0.29, 0.717) is 22.9 Å². The Kier molecular flexibility index (Phi) is 2.56. The second-order valence-corrected chi connectivity index (χ2v) is 5.06. The molecular formula is C15H12N6O. The molecule has 0 aliphatic carbocycles. The van der Waals surface area contributed by atoms with Crippen molar-refractivity contribution >= 4 is 11.4 Å². The number of fused-ring (bicyclic) bond motifs is 3. The van der Waals surface area contributed by atoms with Crippen molar-refractivity contribution in [2.24, 2.45) is 0 Å². The summed E-state index contributed by atoms with van der Waals surface area (Å²) in [5, 5.41) is 8.74. The molecule has 4 aromatic rings. The first-order valence-electron chi connectivity index (χ1n) is 6.83. The fourth-order valence-electron chi connectivity index (χ4n) is 2.44. The summed E-state index contributed by atoms with van der Waals surface area (Å²) < 4.78 is 3.08. The fraction of sp³-hybridized carbons (Fsp3) is 0.133. The summed E-state index contributed by atoms with van der Waals surface area (Å²) >= 11 is 0. The van der Waals surface area contributed by atoms with Gasteiger partial charge in [-0.05, 0) is 13.8 Å². The highest BCUT2D eigenvalue weighted by Crippen LogP contribution is 2.13. The Morgan fingerprint density at radius 2 is 1.73 bits per heavy atom. The lowest BCUT2D eigenvalue weighted by Gasteiger charge is -2.06. The maximum atomic E-state index is 12.3. The lowest BCUT2D eigenvalue weighted by Crippen LogP contribution is -2.20. The fourth-order valence-corrected chi connectivity index (χ4v) is 2.44. The van der Waals surface area contributed by atoms with Gasteiger partial charge in [-0.15, -0.1) is 0 Å². The normalized spacial score (nSPS) is 11.4. The van der Waals surface area contributed by atoms with E-state index in [1.165, 1.54) is 4.52 Å². The number of rotatable bonds is 1. The molecule has 0 bridgehead atoms. The van der Waals surface area contributed by atoms with Crippen LogP contribution in [0.3, 0.4) is 0 Å². The maximum Gasteiger partial charge on any atom is 0.301 e. The molecule has 3 heterocycles. The van der Waals surface area contributed by atoms with E-state index < -0.39 is 0 Å². The summed E-state index contributed by atoms with van der Waals surface area (Å²) in [6.45, 7) is 3.69. The van der Waals surface area contributed by atoms with Crippen molar-refractivity contribution < 1.29 is 0 Å². The van der Waals surface area contributed by atoms with E-state index in [-0.39, 0.29) is 5.56 Å². The van der Waals surface area contributed by atoms with Gasteiger partial charge in [0.1, 0.15) is 5.82 Å². The second-order valence-electron chi connectivity index (χ2n) is 5.06. The molecule has 7 nitrogen and oxygen atoms in total. The van der Waals surface area contributed by atoms with Crippen molar-refractivity contribution in [3.63, 3.8) is 0 Å². The largest absolute Gasteiger partial charge is 0.301 e. The van der Waals surface area contributed by atoms with Crippen LogP contribution in [-0.2, 0) is 0 Å².